The van der Waals surface area contributed by atoms with Crippen molar-refractivity contribution in [3.63, 3.8) is 0 Å². The highest BCUT2D eigenvalue weighted by atomic mass is 32.1. The number of thiazole rings is 1. The standard InChI is InChI=1S/C15H17F3N2S/c1-2-5-14(6-7-19-9-14)13-20-11-8-10(15(16,17)18)3-4-12(11)21-13/h3-4,8,19H,2,5-7,9H2,1H3. The number of benzene rings is 1. The zero-order chi connectivity index (χ0) is 15.1. The van der Waals surface area contributed by atoms with Gasteiger partial charge < -0.3 is 5.32 Å². The van der Waals surface area contributed by atoms with Crippen molar-refractivity contribution in [1.29, 1.82) is 0 Å². The summed E-state index contributed by atoms with van der Waals surface area (Å²) in [5, 5.41) is 4.34. The molecule has 1 unspecified atom stereocenters. The molecular formula is C15H17F3N2S. The lowest BCUT2D eigenvalue weighted by Crippen LogP contribution is -2.28. The van der Waals surface area contributed by atoms with E-state index in [9.17, 15) is 13.2 Å². The van der Waals surface area contributed by atoms with E-state index in [2.05, 4.69) is 17.2 Å². The van der Waals surface area contributed by atoms with Crippen LogP contribution in [-0.2, 0) is 11.6 Å². The van der Waals surface area contributed by atoms with Crippen LogP contribution in [0.2, 0.25) is 0 Å². The fraction of sp³-hybridized carbons (Fsp3) is 0.533. The van der Waals surface area contributed by atoms with E-state index in [4.69, 9.17) is 0 Å². The summed E-state index contributed by atoms with van der Waals surface area (Å²) in [5.41, 5.74) is -0.162. The Bertz CT molecular complexity index is 642. The molecule has 1 atom stereocenters. The number of halogens is 3. The molecule has 3 rings (SSSR count). The molecule has 1 aliphatic rings. The molecule has 21 heavy (non-hydrogen) atoms. The molecule has 1 aromatic carbocycles. The van der Waals surface area contributed by atoms with Gasteiger partial charge in [0.1, 0.15) is 5.01 Å². The Balaban J connectivity index is 2.04. The minimum atomic E-state index is -4.31. The van der Waals surface area contributed by atoms with Gasteiger partial charge >= 0.3 is 6.18 Å². The van der Waals surface area contributed by atoms with Crippen LogP contribution >= 0.6 is 11.3 Å². The minimum absolute atomic E-state index is 0.00314. The second-order valence-electron chi connectivity index (χ2n) is 5.66. The Morgan fingerprint density at radius 2 is 2.19 bits per heavy atom. The van der Waals surface area contributed by atoms with E-state index < -0.39 is 11.7 Å². The smallest absolute Gasteiger partial charge is 0.316 e. The number of hydrogen-bond donors (Lipinski definition) is 1. The molecular weight excluding hydrogens is 297 g/mol. The average Bonchev–Trinajstić information content (AvgIpc) is 3.03. The molecule has 1 aromatic heterocycles. The van der Waals surface area contributed by atoms with E-state index in [1.165, 1.54) is 11.3 Å². The van der Waals surface area contributed by atoms with Gasteiger partial charge in [-0.1, -0.05) is 13.3 Å². The molecule has 6 heteroatoms. The zero-order valence-electron chi connectivity index (χ0n) is 11.8. The molecule has 2 aromatic rings. The maximum atomic E-state index is 12.8. The Kier molecular flexibility index (Phi) is 3.69. The van der Waals surface area contributed by atoms with Gasteiger partial charge in [-0.05, 0) is 37.6 Å². The van der Waals surface area contributed by atoms with E-state index in [1.807, 2.05) is 0 Å². The van der Waals surface area contributed by atoms with Crippen LogP contribution in [0.3, 0.4) is 0 Å². The summed E-state index contributed by atoms with van der Waals surface area (Å²) in [6.07, 6.45) is -1.24. The number of hydrogen-bond acceptors (Lipinski definition) is 3. The third-order valence-corrected chi connectivity index (χ3v) is 5.42. The summed E-state index contributed by atoms with van der Waals surface area (Å²) < 4.78 is 39.2. The van der Waals surface area contributed by atoms with Crippen molar-refractivity contribution in [1.82, 2.24) is 10.3 Å². The van der Waals surface area contributed by atoms with Crippen LogP contribution < -0.4 is 5.32 Å². The van der Waals surface area contributed by atoms with Gasteiger partial charge in [0.25, 0.3) is 0 Å². The molecule has 0 amide bonds. The second kappa shape index (κ2) is 5.25. The quantitative estimate of drug-likeness (QED) is 0.911. The highest BCUT2D eigenvalue weighted by Gasteiger charge is 2.38. The van der Waals surface area contributed by atoms with Crippen LogP contribution in [0.5, 0.6) is 0 Å². The van der Waals surface area contributed by atoms with Gasteiger partial charge in [0, 0.05) is 12.0 Å². The summed E-state index contributed by atoms with van der Waals surface area (Å²) in [7, 11) is 0. The fourth-order valence-electron chi connectivity index (χ4n) is 3.06. The van der Waals surface area contributed by atoms with Crippen LogP contribution in [0.15, 0.2) is 18.2 Å². The molecule has 1 saturated heterocycles. The SMILES string of the molecule is CCCC1(c2nc3cc(C(F)(F)F)ccc3s2)CCNC1. The summed E-state index contributed by atoms with van der Waals surface area (Å²) in [5.74, 6) is 0. The van der Waals surface area contributed by atoms with E-state index in [0.717, 1.165) is 54.2 Å². The van der Waals surface area contributed by atoms with Crippen LogP contribution in [-0.4, -0.2) is 18.1 Å². The Morgan fingerprint density at radius 1 is 1.38 bits per heavy atom. The van der Waals surface area contributed by atoms with Crippen LogP contribution in [0, 0.1) is 0 Å². The molecule has 1 N–H and O–H groups in total. The normalized spacial score (nSPS) is 23.0. The monoisotopic (exact) mass is 314 g/mol. The molecule has 114 valence electrons. The van der Waals surface area contributed by atoms with Crippen molar-refractivity contribution in [3.8, 4) is 0 Å². The van der Waals surface area contributed by atoms with Gasteiger partial charge in [0.2, 0.25) is 0 Å². The molecule has 2 heterocycles. The summed E-state index contributed by atoms with van der Waals surface area (Å²) in [6, 6.07) is 3.85. The minimum Gasteiger partial charge on any atom is -0.316 e. The Morgan fingerprint density at radius 3 is 2.81 bits per heavy atom. The largest absolute Gasteiger partial charge is 0.416 e. The Hall–Kier alpha value is -1.14. The molecule has 0 radical (unpaired) electrons. The lowest BCUT2D eigenvalue weighted by molar-refractivity contribution is -0.137. The molecule has 0 bridgehead atoms. The first-order chi connectivity index (χ1) is 9.94. The van der Waals surface area contributed by atoms with Crippen LogP contribution in [0.25, 0.3) is 10.2 Å². The third kappa shape index (κ3) is 2.66. The first kappa shape index (κ1) is 14.8. The van der Waals surface area contributed by atoms with Crippen molar-refractivity contribution in [2.45, 2.75) is 37.8 Å². The summed E-state index contributed by atoms with van der Waals surface area (Å²) >= 11 is 1.53. The van der Waals surface area contributed by atoms with Gasteiger partial charge in [0.05, 0.1) is 15.8 Å². The second-order valence-corrected chi connectivity index (χ2v) is 6.69. The van der Waals surface area contributed by atoms with Gasteiger partial charge in [0.15, 0.2) is 0 Å². The number of nitrogens with zero attached hydrogens (tertiary/aromatic N) is 1. The van der Waals surface area contributed by atoms with E-state index in [-0.39, 0.29) is 5.41 Å². The van der Waals surface area contributed by atoms with E-state index in [1.54, 1.807) is 6.07 Å². The van der Waals surface area contributed by atoms with Crippen molar-refractivity contribution in [2.24, 2.45) is 0 Å². The molecule has 1 fully saturated rings. The third-order valence-electron chi connectivity index (χ3n) is 4.14. The number of alkyl halides is 3. The highest BCUT2D eigenvalue weighted by Crippen LogP contribution is 2.40. The number of nitrogens with one attached hydrogen (secondary N) is 1. The lowest BCUT2D eigenvalue weighted by atomic mass is 9.83. The zero-order valence-corrected chi connectivity index (χ0v) is 12.6. The first-order valence-corrected chi connectivity index (χ1v) is 7.95. The van der Waals surface area contributed by atoms with Crippen molar-refractivity contribution < 1.29 is 13.2 Å². The number of aromatic nitrogens is 1. The number of fused-ring (bicyclic) bond motifs is 1. The molecule has 0 spiro atoms. The van der Waals surface area contributed by atoms with Crippen molar-refractivity contribution in [3.05, 3.63) is 28.8 Å². The van der Waals surface area contributed by atoms with Gasteiger partial charge in [-0.3, -0.25) is 0 Å². The fourth-order valence-corrected chi connectivity index (χ4v) is 4.25. The molecule has 1 aliphatic heterocycles. The average molecular weight is 314 g/mol. The van der Waals surface area contributed by atoms with Crippen LogP contribution in [0.4, 0.5) is 13.2 Å². The maximum Gasteiger partial charge on any atom is 0.416 e. The lowest BCUT2D eigenvalue weighted by Gasteiger charge is -2.24. The first-order valence-electron chi connectivity index (χ1n) is 7.14. The highest BCUT2D eigenvalue weighted by molar-refractivity contribution is 7.18. The maximum absolute atomic E-state index is 12.8. The number of rotatable bonds is 3. The topological polar surface area (TPSA) is 24.9 Å². The van der Waals surface area contributed by atoms with E-state index >= 15 is 0 Å². The summed E-state index contributed by atoms with van der Waals surface area (Å²) in [6.45, 7) is 3.95. The predicted octanol–water partition coefficient (Wildman–Crippen LogP) is 4.35. The summed E-state index contributed by atoms with van der Waals surface area (Å²) in [4.78, 5) is 4.54. The van der Waals surface area contributed by atoms with Gasteiger partial charge in [-0.25, -0.2) is 4.98 Å². The van der Waals surface area contributed by atoms with Crippen LogP contribution in [0.1, 0.15) is 36.8 Å². The molecule has 2 nitrogen and oxygen atoms in total. The Labute approximate surface area is 125 Å². The molecule has 0 aliphatic carbocycles. The molecule has 0 saturated carbocycles. The van der Waals surface area contributed by atoms with Gasteiger partial charge in [-0.15, -0.1) is 11.3 Å². The van der Waals surface area contributed by atoms with E-state index in [0.29, 0.717) is 5.52 Å². The van der Waals surface area contributed by atoms with Crippen molar-refractivity contribution >= 4 is 21.6 Å². The predicted molar refractivity (Wildman–Crippen MR) is 78.7 cm³/mol. The van der Waals surface area contributed by atoms with Crippen molar-refractivity contribution in [2.75, 3.05) is 13.1 Å². The van der Waals surface area contributed by atoms with Gasteiger partial charge in [-0.2, -0.15) is 13.2 Å².